The monoisotopic (exact) mass is 392 g/mol. The van der Waals surface area contributed by atoms with Crippen molar-refractivity contribution in [2.24, 2.45) is 0 Å². The molecule has 0 unspecified atom stereocenters. The van der Waals surface area contributed by atoms with Crippen LogP contribution >= 0.6 is 0 Å². The maximum Gasteiger partial charge on any atom is 0.261 e. The van der Waals surface area contributed by atoms with Crippen molar-refractivity contribution in [2.75, 3.05) is 11.8 Å². The first-order valence-corrected chi connectivity index (χ1v) is 9.93. The van der Waals surface area contributed by atoms with Gasteiger partial charge in [-0.2, -0.15) is 0 Å². The van der Waals surface area contributed by atoms with Crippen LogP contribution in [0.5, 0.6) is 11.5 Å². The first-order valence-electron chi connectivity index (χ1n) is 8.45. The molecule has 1 atom stereocenters. The number of rotatable bonds is 8. The number of ether oxygens (including phenoxy) is 2. The third-order valence-corrected chi connectivity index (χ3v) is 4.99. The molecule has 2 aromatic carbocycles. The van der Waals surface area contributed by atoms with E-state index in [1.807, 2.05) is 13.8 Å². The van der Waals surface area contributed by atoms with Crippen molar-refractivity contribution in [1.82, 2.24) is 5.32 Å². The van der Waals surface area contributed by atoms with Gasteiger partial charge in [-0.3, -0.25) is 9.52 Å². The minimum atomic E-state index is -3.74. The van der Waals surface area contributed by atoms with Gasteiger partial charge in [-0.25, -0.2) is 8.42 Å². The summed E-state index contributed by atoms with van der Waals surface area (Å²) in [5, 5.41) is 2.76. The lowest BCUT2D eigenvalue weighted by molar-refractivity contribution is -0.127. The zero-order chi connectivity index (χ0) is 20.0. The first kappa shape index (κ1) is 20.6. The zero-order valence-electron chi connectivity index (χ0n) is 15.7. The van der Waals surface area contributed by atoms with E-state index >= 15 is 0 Å². The highest BCUT2D eigenvalue weighted by molar-refractivity contribution is 7.92. The summed E-state index contributed by atoms with van der Waals surface area (Å²) in [5.41, 5.74) is 0.426. The van der Waals surface area contributed by atoms with E-state index in [1.165, 1.54) is 31.4 Å². The van der Waals surface area contributed by atoms with Crippen LogP contribution in [0, 0.1) is 0 Å². The molecule has 2 aromatic rings. The summed E-state index contributed by atoms with van der Waals surface area (Å²) in [4.78, 5) is 12.0. The number of hydrogen-bond donors (Lipinski definition) is 2. The highest BCUT2D eigenvalue weighted by Gasteiger charge is 2.17. The molecule has 0 bridgehead atoms. The molecule has 0 aromatic heterocycles. The molecule has 0 aliphatic heterocycles. The molecule has 27 heavy (non-hydrogen) atoms. The van der Waals surface area contributed by atoms with Crippen LogP contribution in [0.1, 0.15) is 20.8 Å². The SMILES string of the molecule is COc1ccc(NS(=O)(=O)c2ccc(O[C@H](C)C(=O)NC(C)C)cc2)cc1. The lowest BCUT2D eigenvalue weighted by Gasteiger charge is -2.16. The van der Waals surface area contributed by atoms with Crippen LogP contribution in [0.3, 0.4) is 0 Å². The van der Waals surface area contributed by atoms with E-state index < -0.39 is 16.1 Å². The smallest absolute Gasteiger partial charge is 0.261 e. The van der Waals surface area contributed by atoms with Crippen LogP contribution in [0.15, 0.2) is 53.4 Å². The summed E-state index contributed by atoms with van der Waals surface area (Å²) in [6.45, 7) is 5.35. The number of benzene rings is 2. The molecule has 0 saturated heterocycles. The van der Waals surface area contributed by atoms with E-state index in [-0.39, 0.29) is 16.8 Å². The number of nitrogens with one attached hydrogen (secondary N) is 2. The lowest BCUT2D eigenvalue weighted by Crippen LogP contribution is -2.40. The summed E-state index contributed by atoms with van der Waals surface area (Å²) >= 11 is 0. The molecule has 7 nitrogen and oxygen atoms in total. The third kappa shape index (κ3) is 5.89. The Morgan fingerprint density at radius 1 is 0.926 bits per heavy atom. The molecule has 0 saturated carbocycles. The Balaban J connectivity index is 2.05. The Kier molecular flexibility index (Phi) is 6.68. The number of carbonyl (C=O) groups excluding carboxylic acids is 1. The summed E-state index contributed by atoms with van der Waals surface area (Å²) < 4.78 is 38.0. The molecule has 0 radical (unpaired) electrons. The fourth-order valence-corrected chi connectivity index (χ4v) is 3.29. The second-order valence-corrected chi connectivity index (χ2v) is 7.91. The van der Waals surface area contributed by atoms with Gasteiger partial charge in [-0.15, -0.1) is 0 Å². The van der Waals surface area contributed by atoms with Gasteiger partial charge in [-0.05, 0) is 69.3 Å². The quantitative estimate of drug-likeness (QED) is 0.720. The van der Waals surface area contributed by atoms with Crippen LogP contribution in [-0.4, -0.2) is 33.6 Å². The van der Waals surface area contributed by atoms with Gasteiger partial charge in [0, 0.05) is 11.7 Å². The van der Waals surface area contributed by atoms with Gasteiger partial charge in [-0.1, -0.05) is 0 Å². The van der Waals surface area contributed by atoms with Gasteiger partial charge in [0.1, 0.15) is 11.5 Å². The van der Waals surface area contributed by atoms with Crippen molar-refractivity contribution >= 4 is 21.6 Å². The largest absolute Gasteiger partial charge is 0.497 e. The van der Waals surface area contributed by atoms with E-state index in [2.05, 4.69) is 10.0 Å². The Bertz CT molecular complexity index is 862. The molecule has 2 rings (SSSR count). The van der Waals surface area contributed by atoms with Gasteiger partial charge in [0.25, 0.3) is 15.9 Å². The van der Waals surface area contributed by atoms with Crippen LogP contribution < -0.4 is 19.5 Å². The maximum atomic E-state index is 12.5. The summed E-state index contributed by atoms with van der Waals surface area (Å²) in [7, 11) is -2.20. The van der Waals surface area contributed by atoms with E-state index in [9.17, 15) is 13.2 Å². The van der Waals surface area contributed by atoms with Crippen molar-refractivity contribution in [1.29, 1.82) is 0 Å². The number of anilines is 1. The van der Waals surface area contributed by atoms with Crippen molar-refractivity contribution in [3.63, 3.8) is 0 Å². The predicted octanol–water partition coefficient (Wildman–Crippen LogP) is 2.79. The number of methoxy groups -OCH3 is 1. The topological polar surface area (TPSA) is 93.7 Å². The zero-order valence-corrected chi connectivity index (χ0v) is 16.5. The van der Waals surface area contributed by atoms with Gasteiger partial charge >= 0.3 is 0 Å². The van der Waals surface area contributed by atoms with Crippen molar-refractivity contribution in [3.8, 4) is 11.5 Å². The molecule has 0 heterocycles. The van der Waals surface area contributed by atoms with Gasteiger partial charge < -0.3 is 14.8 Å². The molecule has 8 heteroatoms. The molecule has 1 amide bonds. The van der Waals surface area contributed by atoms with E-state index in [0.717, 1.165) is 0 Å². The van der Waals surface area contributed by atoms with Crippen molar-refractivity contribution in [3.05, 3.63) is 48.5 Å². The number of carbonyl (C=O) groups is 1. The molecule has 2 N–H and O–H groups in total. The van der Waals surface area contributed by atoms with Crippen LogP contribution in [0.25, 0.3) is 0 Å². The Labute approximate surface area is 159 Å². The van der Waals surface area contributed by atoms with Crippen LogP contribution in [0.2, 0.25) is 0 Å². The fraction of sp³-hybridized carbons (Fsp3) is 0.316. The van der Waals surface area contributed by atoms with E-state index in [1.54, 1.807) is 31.2 Å². The summed E-state index contributed by atoms with van der Waals surface area (Å²) in [6, 6.07) is 12.5. The van der Waals surface area contributed by atoms with Crippen molar-refractivity contribution < 1.29 is 22.7 Å². The molecule has 0 aliphatic carbocycles. The Hall–Kier alpha value is -2.74. The fourth-order valence-electron chi connectivity index (χ4n) is 2.23. The Morgan fingerprint density at radius 2 is 1.48 bits per heavy atom. The van der Waals surface area contributed by atoms with E-state index in [0.29, 0.717) is 17.2 Å². The van der Waals surface area contributed by atoms with Gasteiger partial charge in [0.2, 0.25) is 0 Å². The van der Waals surface area contributed by atoms with E-state index in [4.69, 9.17) is 9.47 Å². The van der Waals surface area contributed by atoms with Crippen molar-refractivity contribution in [2.45, 2.75) is 37.8 Å². The molecule has 0 fully saturated rings. The molecule has 0 spiro atoms. The standard InChI is InChI=1S/C19H24N2O5S/c1-13(2)20-19(22)14(3)26-17-9-11-18(12-10-17)27(23,24)21-15-5-7-16(25-4)8-6-15/h5-14,21H,1-4H3,(H,20,22)/t14-/m1/s1. The third-order valence-electron chi connectivity index (χ3n) is 3.59. The number of amides is 1. The molecule has 0 aliphatic rings. The highest BCUT2D eigenvalue weighted by Crippen LogP contribution is 2.21. The minimum Gasteiger partial charge on any atom is -0.497 e. The number of hydrogen-bond acceptors (Lipinski definition) is 5. The normalized spacial score (nSPS) is 12.3. The highest BCUT2D eigenvalue weighted by atomic mass is 32.2. The second-order valence-electron chi connectivity index (χ2n) is 6.23. The molecular formula is C19H24N2O5S. The molecule has 146 valence electrons. The summed E-state index contributed by atoms with van der Waals surface area (Å²) in [5.74, 6) is 0.808. The lowest BCUT2D eigenvalue weighted by atomic mass is 10.3. The number of sulfonamides is 1. The average Bonchev–Trinajstić information content (AvgIpc) is 2.62. The second kappa shape index (κ2) is 8.77. The average molecular weight is 392 g/mol. The van der Waals surface area contributed by atoms with Gasteiger partial charge in [0.05, 0.1) is 12.0 Å². The maximum absolute atomic E-state index is 12.5. The minimum absolute atomic E-state index is 0.0140. The summed E-state index contributed by atoms with van der Waals surface area (Å²) in [6.07, 6.45) is -0.688. The van der Waals surface area contributed by atoms with Gasteiger partial charge in [0.15, 0.2) is 6.10 Å². The Morgan fingerprint density at radius 3 is 2.00 bits per heavy atom. The van der Waals surface area contributed by atoms with Crippen LogP contribution in [-0.2, 0) is 14.8 Å². The predicted molar refractivity (Wildman–Crippen MR) is 104 cm³/mol. The van der Waals surface area contributed by atoms with Crippen LogP contribution in [0.4, 0.5) is 5.69 Å². The molecular weight excluding hydrogens is 368 g/mol. The first-order chi connectivity index (χ1) is 12.7.